The smallest absolute Gasteiger partial charge is 0.119 e. The number of aliphatic hydroxyl groups excluding tert-OH is 2. The second-order valence-electron chi connectivity index (χ2n) is 8.58. The maximum absolute atomic E-state index is 11.0. The molecule has 0 radical (unpaired) electrons. The summed E-state index contributed by atoms with van der Waals surface area (Å²) >= 11 is 0. The van der Waals surface area contributed by atoms with Gasteiger partial charge in [-0.25, -0.2) is 0 Å². The van der Waals surface area contributed by atoms with Gasteiger partial charge in [-0.05, 0) is 53.4 Å². The van der Waals surface area contributed by atoms with Gasteiger partial charge in [-0.1, -0.05) is 40.2 Å². The zero-order valence-corrected chi connectivity index (χ0v) is 14.8. The first-order valence-electron chi connectivity index (χ1n) is 8.89. The monoisotopic (exact) mass is 318 g/mol. The van der Waals surface area contributed by atoms with Gasteiger partial charge >= 0.3 is 0 Å². The van der Waals surface area contributed by atoms with Crippen LogP contribution in [0.1, 0.15) is 69.6 Å². The molecule has 3 heteroatoms. The number of fused-ring (bicyclic) bond motifs is 3. The molecule has 1 fully saturated rings. The van der Waals surface area contributed by atoms with Gasteiger partial charge in [0.15, 0.2) is 0 Å². The molecule has 1 aromatic carbocycles. The lowest BCUT2D eigenvalue weighted by Gasteiger charge is -2.57. The Morgan fingerprint density at radius 2 is 1.91 bits per heavy atom. The van der Waals surface area contributed by atoms with Crippen molar-refractivity contribution >= 4 is 0 Å². The summed E-state index contributed by atoms with van der Waals surface area (Å²) in [5.74, 6) is 0.569. The molecular weight excluding hydrogens is 288 g/mol. The third kappa shape index (κ3) is 2.32. The molecule has 0 aromatic heterocycles. The van der Waals surface area contributed by atoms with Crippen LogP contribution in [0.4, 0.5) is 0 Å². The first-order valence-corrected chi connectivity index (χ1v) is 8.89. The van der Waals surface area contributed by atoms with E-state index in [-0.39, 0.29) is 29.3 Å². The topological polar surface area (TPSA) is 60.7 Å². The van der Waals surface area contributed by atoms with Crippen LogP contribution in [-0.2, 0) is 11.8 Å². The lowest BCUT2D eigenvalue weighted by Crippen LogP contribution is -2.57. The van der Waals surface area contributed by atoms with Crippen LogP contribution in [0.15, 0.2) is 12.1 Å². The Kier molecular flexibility index (Phi) is 4.01. The molecule has 23 heavy (non-hydrogen) atoms. The molecule has 1 saturated carbocycles. The first-order chi connectivity index (χ1) is 10.7. The molecule has 0 saturated heterocycles. The van der Waals surface area contributed by atoms with E-state index < -0.39 is 6.10 Å². The van der Waals surface area contributed by atoms with Crippen LogP contribution >= 0.6 is 0 Å². The van der Waals surface area contributed by atoms with Crippen molar-refractivity contribution in [2.45, 2.75) is 70.8 Å². The van der Waals surface area contributed by atoms with E-state index in [2.05, 4.69) is 27.7 Å². The Balaban J connectivity index is 2.26. The summed E-state index contributed by atoms with van der Waals surface area (Å²) in [5.41, 5.74) is 2.79. The summed E-state index contributed by atoms with van der Waals surface area (Å²) in [7, 11) is 0. The van der Waals surface area contributed by atoms with Crippen molar-refractivity contribution in [3.8, 4) is 5.75 Å². The highest BCUT2D eigenvalue weighted by Gasteiger charge is 2.56. The lowest BCUT2D eigenvalue weighted by molar-refractivity contribution is -0.0782. The van der Waals surface area contributed by atoms with E-state index in [1.54, 1.807) is 6.07 Å². The van der Waals surface area contributed by atoms with Crippen LogP contribution in [0.2, 0.25) is 0 Å². The van der Waals surface area contributed by atoms with Gasteiger partial charge in [0.05, 0.1) is 12.7 Å². The number of hydrogen-bond acceptors (Lipinski definition) is 3. The molecule has 3 atom stereocenters. The minimum absolute atomic E-state index is 0.00790. The third-order valence-electron chi connectivity index (χ3n) is 6.41. The van der Waals surface area contributed by atoms with Crippen molar-refractivity contribution in [3.63, 3.8) is 0 Å². The van der Waals surface area contributed by atoms with Gasteiger partial charge in [0.1, 0.15) is 5.75 Å². The number of phenolic OH excluding ortho intramolecular Hbond substituents is 1. The highest BCUT2D eigenvalue weighted by Crippen LogP contribution is 2.58. The molecule has 3 nitrogen and oxygen atoms in total. The Morgan fingerprint density at radius 1 is 1.22 bits per heavy atom. The molecule has 0 spiro atoms. The number of rotatable bonds is 2. The molecular formula is C20H30O3. The summed E-state index contributed by atoms with van der Waals surface area (Å²) in [6.07, 6.45) is 3.16. The van der Waals surface area contributed by atoms with Crippen LogP contribution in [0.25, 0.3) is 0 Å². The summed E-state index contributed by atoms with van der Waals surface area (Å²) < 4.78 is 0. The number of aliphatic hydroxyl groups is 2. The predicted octanol–water partition coefficient (Wildman–Crippen LogP) is 3.49. The standard InChI is InChI=1S/C20H30O3/c1-12(2)17-13-10-16(23)18-19(3,4)8-5-9-20(18,11-21)14(13)6-7-15(17)22/h6-7,12,16,18,21-23H,5,8-11H2,1-4H3/t16-,18?,20+/m1/s1. The average Bonchev–Trinajstić information content (AvgIpc) is 2.45. The number of phenols is 1. The van der Waals surface area contributed by atoms with Crippen molar-refractivity contribution in [2.24, 2.45) is 11.3 Å². The second kappa shape index (κ2) is 5.49. The van der Waals surface area contributed by atoms with Gasteiger partial charge in [-0.15, -0.1) is 0 Å². The summed E-state index contributed by atoms with van der Waals surface area (Å²) in [5, 5.41) is 31.7. The minimum atomic E-state index is -0.468. The van der Waals surface area contributed by atoms with Crippen molar-refractivity contribution in [1.29, 1.82) is 0 Å². The second-order valence-corrected chi connectivity index (χ2v) is 8.58. The summed E-state index contributed by atoms with van der Waals surface area (Å²) in [6.45, 7) is 8.65. The Hall–Kier alpha value is -1.06. The molecule has 128 valence electrons. The molecule has 1 unspecified atom stereocenters. The van der Waals surface area contributed by atoms with Gasteiger partial charge in [-0.3, -0.25) is 0 Å². The fourth-order valence-corrected chi connectivity index (χ4v) is 5.68. The van der Waals surface area contributed by atoms with Crippen LogP contribution < -0.4 is 0 Å². The molecule has 0 aliphatic heterocycles. The van der Waals surface area contributed by atoms with E-state index >= 15 is 0 Å². The fourth-order valence-electron chi connectivity index (χ4n) is 5.68. The van der Waals surface area contributed by atoms with Crippen molar-refractivity contribution in [2.75, 3.05) is 6.61 Å². The van der Waals surface area contributed by atoms with Crippen LogP contribution in [-0.4, -0.2) is 28.0 Å². The van der Waals surface area contributed by atoms with Gasteiger partial charge in [0, 0.05) is 11.3 Å². The lowest BCUT2D eigenvalue weighted by atomic mass is 9.48. The normalized spacial score (nSPS) is 32.5. The molecule has 3 N–H and O–H groups in total. The number of benzene rings is 1. The quantitative estimate of drug-likeness (QED) is 0.782. The first kappa shape index (κ1) is 16.8. The zero-order chi connectivity index (χ0) is 17.0. The van der Waals surface area contributed by atoms with Crippen molar-refractivity contribution in [3.05, 3.63) is 28.8 Å². The Morgan fingerprint density at radius 3 is 2.52 bits per heavy atom. The minimum Gasteiger partial charge on any atom is -0.508 e. The van der Waals surface area contributed by atoms with E-state index in [0.717, 1.165) is 36.0 Å². The Bertz CT molecular complexity index is 605. The van der Waals surface area contributed by atoms with Crippen molar-refractivity contribution < 1.29 is 15.3 Å². The van der Waals surface area contributed by atoms with E-state index in [0.29, 0.717) is 12.2 Å². The maximum atomic E-state index is 11.0. The number of aromatic hydroxyl groups is 1. The third-order valence-corrected chi connectivity index (χ3v) is 6.41. The molecule has 2 aliphatic carbocycles. The highest BCUT2D eigenvalue weighted by molar-refractivity contribution is 5.52. The van der Waals surface area contributed by atoms with E-state index in [9.17, 15) is 15.3 Å². The van der Waals surface area contributed by atoms with Gasteiger partial charge in [0.25, 0.3) is 0 Å². The SMILES string of the molecule is CC(C)c1c(O)ccc2c1C[C@@H](O)C1C(C)(C)CCC[C@]21CO. The highest BCUT2D eigenvalue weighted by atomic mass is 16.3. The van der Waals surface area contributed by atoms with Crippen LogP contribution in [0.5, 0.6) is 5.75 Å². The van der Waals surface area contributed by atoms with Crippen molar-refractivity contribution in [1.82, 2.24) is 0 Å². The van der Waals surface area contributed by atoms with Crippen LogP contribution in [0, 0.1) is 11.3 Å². The van der Waals surface area contributed by atoms with E-state index in [1.807, 2.05) is 6.07 Å². The summed E-state index contributed by atoms with van der Waals surface area (Å²) in [4.78, 5) is 0. The van der Waals surface area contributed by atoms with E-state index in [1.165, 1.54) is 0 Å². The Labute approximate surface area is 139 Å². The number of hydrogen-bond donors (Lipinski definition) is 3. The van der Waals surface area contributed by atoms with E-state index in [4.69, 9.17) is 0 Å². The summed E-state index contributed by atoms with van der Waals surface area (Å²) in [6, 6.07) is 3.77. The zero-order valence-electron chi connectivity index (χ0n) is 14.8. The largest absolute Gasteiger partial charge is 0.508 e. The average molecular weight is 318 g/mol. The van der Waals surface area contributed by atoms with Gasteiger partial charge < -0.3 is 15.3 Å². The molecule has 0 heterocycles. The molecule has 3 rings (SSSR count). The molecule has 2 aliphatic rings. The molecule has 1 aromatic rings. The van der Waals surface area contributed by atoms with Gasteiger partial charge in [0.2, 0.25) is 0 Å². The molecule has 0 bridgehead atoms. The maximum Gasteiger partial charge on any atom is 0.119 e. The van der Waals surface area contributed by atoms with Gasteiger partial charge in [-0.2, -0.15) is 0 Å². The predicted molar refractivity (Wildman–Crippen MR) is 91.8 cm³/mol. The fraction of sp³-hybridized carbons (Fsp3) is 0.700. The van der Waals surface area contributed by atoms with Crippen LogP contribution in [0.3, 0.4) is 0 Å². The molecule has 0 amide bonds.